The molecule has 0 unspecified atom stereocenters. The predicted molar refractivity (Wildman–Crippen MR) is 205 cm³/mol. The van der Waals surface area contributed by atoms with E-state index in [9.17, 15) is 0 Å². The molecule has 0 saturated carbocycles. The highest BCUT2D eigenvalue weighted by Gasteiger charge is 2.39. The van der Waals surface area contributed by atoms with Crippen LogP contribution < -0.4 is 9.80 Å². The first-order chi connectivity index (χ1) is 23.4. The van der Waals surface area contributed by atoms with E-state index in [-0.39, 0.29) is 5.41 Å². The Bertz CT molecular complexity index is 1790. The molecule has 0 spiro atoms. The minimum Gasteiger partial charge on any atom is -0.310 e. The maximum absolute atomic E-state index is 2.50. The first kappa shape index (κ1) is 31.3. The average Bonchev–Trinajstić information content (AvgIpc) is 3.12. The number of aryl methyl sites for hydroxylation is 4. The first-order valence-electron chi connectivity index (χ1n) is 17.2. The number of benzene rings is 6. The lowest BCUT2D eigenvalue weighted by Crippen LogP contribution is -2.31. The van der Waals surface area contributed by atoms with Gasteiger partial charge in [-0.1, -0.05) is 119 Å². The number of allylic oxidation sites excluding steroid dienone is 2. The first-order valence-corrected chi connectivity index (χ1v) is 17.2. The quantitative estimate of drug-likeness (QED) is 0.155. The number of hydrogen-bond acceptors (Lipinski definition) is 2. The van der Waals surface area contributed by atoms with Crippen LogP contribution in [0.25, 0.3) is 0 Å². The standard InChI is InChI=1S/C46H44N2/c1-34-16-24-38(25-17-34)47(39-26-18-35(2)19-27-39)44-14-8-6-12-42(44)46(32-10-5-11-33-46)43-13-7-9-15-45(43)48(40-28-20-36(3)21-29-40)41-30-22-37(4)23-31-41/h6-10,12-32H,5,11,33H2,1-4H3. The highest BCUT2D eigenvalue weighted by Crippen LogP contribution is 2.52. The van der Waals surface area contributed by atoms with Gasteiger partial charge >= 0.3 is 0 Å². The van der Waals surface area contributed by atoms with E-state index in [1.54, 1.807) is 0 Å². The molecular weight excluding hydrogens is 581 g/mol. The minimum atomic E-state index is -0.354. The maximum Gasteiger partial charge on any atom is 0.0505 e. The van der Waals surface area contributed by atoms with Gasteiger partial charge in [0.25, 0.3) is 0 Å². The van der Waals surface area contributed by atoms with Crippen molar-refractivity contribution in [1.82, 2.24) is 0 Å². The molecule has 7 rings (SSSR count). The largest absolute Gasteiger partial charge is 0.310 e. The molecule has 6 aromatic carbocycles. The summed E-state index contributed by atoms with van der Waals surface area (Å²) in [4.78, 5) is 4.89. The van der Waals surface area contributed by atoms with Crippen LogP contribution in [0.5, 0.6) is 0 Å². The lowest BCUT2D eigenvalue weighted by atomic mass is 9.67. The summed E-state index contributed by atoms with van der Waals surface area (Å²) in [6.45, 7) is 8.61. The van der Waals surface area contributed by atoms with E-state index in [0.717, 1.165) is 42.0 Å². The summed E-state index contributed by atoms with van der Waals surface area (Å²) in [5, 5.41) is 0. The van der Waals surface area contributed by atoms with Crippen molar-refractivity contribution < 1.29 is 0 Å². The SMILES string of the molecule is Cc1ccc(N(c2ccc(C)cc2)c2ccccc2C2(c3ccccc3N(c3ccc(C)cc3)c3ccc(C)cc3)C=CCCC2)cc1. The number of nitrogens with zero attached hydrogens (tertiary/aromatic N) is 2. The highest BCUT2D eigenvalue weighted by atomic mass is 15.2. The fraction of sp³-hybridized carbons (Fsp3) is 0.174. The molecule has 0 atom stereocenters. The van der Waals surface area contributed by atoms with Crippen LogP contribution in [-0.2, 0) is 5.41 Å². The van der Waals surface area contributed by atoms with Crippen LogP contribution in [0.1, 0.15) is 52.6 Å². The summed E-state index contributed by atoms with van der Waals surface area (Å²) in [5.74, 6) is 0. The van der Waals surface area contributed by atoms with Crippen molar-refractivity contribution in [2.75, 3.05) is 9.80 Å². The van der Waals surface area contributed by atoms with Gasteiger partial charge < -0.3 is 9.80 Å². The van der Waals surface area contributed by atoms with Crippen LogP contribution in [0, 0.1) is 27.7 Å². The molecule has 238 valence electrons. The molecule has 2 nitrogen and oxygen atoms in total. The van der Waals surface area contributed by atoms with E-state index in [1.807, 2.05) is 0 Å². The van der Waals surface area contributed by atoms with Gasteiger partial charge in [-0.15, -0.1) is 0 Å². The molecule has 0 aliphatic heterocycles. The second kappa shape index (κ2) is 13.4. The van der Waals surface area contributed by atoms with E-state index in [1.165, 1.54) is 44.8 Å². The zero-order valence-electron chi connectivity index (χ0n) is 28.5. The molecule has 1 aliphatic carbocycles. The predicted octanol–water partition coefficient (Wildman–Crippen LogP) is 12.9. The van der Waals surface area contributed by atoms with Gasteiger partial charge in [-0.05, 0) is 119 Å². The zero-order valence-corrected chi connectivity index (χ0v) is 28.5. The Balaban J connectivity index is 1.48. The summed E-state index contributed by atoms with van der Waals surface area (Å²) < 4.78 is 0. The third-order valence-electron chi connectivity index (χ3n) is 9.76. The van der Waals surface area contributed by atoms with Gasteiger partial charge in [0.05, 0.1) is 11.4 Å². The van der Waals surface area contributed by atoms with Crippen LogP contribution in [-0.4, -0.2) is 0 Å². The van der Waals surface area contributed by atoms with Crippen molar-refractivity contribution in [1.29, 1.82) is 0 Å². The molecule has 0 aromatic heterocycles. The molecule has 0 N–H and O–H groups in total. The van der Waals surface area contributed by atoms with Crippen molar-refractivity contribution in [2.24, 2.45) is 0 Å². The van der Waals surface area contributed by atoms with Crippen LogP contribution in [0.2, 0.25) is 0 Å². The Morgan fingerprint density at radius 3 is 1.06 bits per heavy atom. The van der Waals surface area contributed by atoms with Crippen molar-refractivity contribution in [3.63, 3.8) is 0 Å². The lowest BCUT2D eigenvalue weighted by molar-refractivity contribution is 0.531. The van der Waals surface area contributed by atoms with E-state index in [2.05, 4.69) is 195 Å². The Morgan fingerprint density at radius 1 is 0.417 bits per heavy atom. The van der Waals surface area contributed by atoms with Crippen molar-refractivity contribution in [3.8, 4) is 0 Å². The highest BCUT2D eigenvalue weighted by molar-refractivity contribution is 5.84. The van der Waals surface area contributed by atoms with Crippen LogP contribution in [0.15, 0.2) is 158 Å². The van der Waals surface area contributed by atoms with E-state index >= 15 is 0 Å². The smallest absolute Gasteiger partial charge is 0.0505 e. The molecule has 0 saturated heterocycles. The summed E-state index contributed by atoms with van der Waals surface area (Å²) in [6, 6.07) is 53.8. The fourth-order valence-corrected chi connectivity index (χ4v) is 7.18. The Kier molecular flexibility index (Phi) is 8.74. The summed E-state index contributed by atoms with van der Waals surface area (Å²) in [6.07, 6.45) is 8.12. The molecular formula is C46H44N2. The van der Waals surface area contributed by atoms with Gasteiger partial charge in [0, 0.05) is 28.2 Å². The Labute approximate surface area is 286 Å². The molecule has 2 heteroatoms. The summed E-state index contributed by atoms with van der Waals surface area (Å²) >= 11 is 0. The normalized spacial score (nSPS) is 13.7. The number of anilines is 6. The van der Waals surface area contributed by atoms with E-state index in [0.29, 0.717) is 0 Å². The monoisotopic (exact) mass is 624 g/mol. The summed E-state index contributed by atoms with van der Waals surface area (Å²) in [5.41, 5.74) is 14.3. The molecule has 48 heavy (non-hydrogen) atoms. The third-order valence-corrected chi connectivity index (χ3v) is 9.76. The third kappa shape index (κ3) is 6.07. The van der Waals surface area contributed by atoms with Crippen molar-refractivity contribution >= 4 is 34.1 Å². The summed E-state index contributed by atoms with van der Waals surface area (Å²) in [7, 11) is 0. The molecule has 0 radical (unpaired) electrons. The van der Waals surface area contributed by atoms with E-state index in [4.69, 9.17) is 0 Å². The number of hydrogen-bond donors (Lipinski definition) is 0. The van der Waals surface area contributed by atoms with Crippen LogP contribution in [0.3, 0.4) is 0 Å². The molecule has 0 heterocycles. The topological polar surface area (TPSA) is 6.48 Å². The van der Waals surface area contributed by atoms with Gasteiger partial charge in [0.1, 0.15) is 0 Å². The Morgan fingerprint density at radius 2 is 0.750 bits per heavy atom. The van der Waals surface area contributed by atoms with Gasteiger partial charge in [0.15, 0.2) is 0 Å². The second-order valence-corrected chi connectivity index (χ2v) is 13.3. The fourth-order valence-electron chi connectivity index (χ4n) is 7.18. The van der Waals surface area contributed by atoms with Gasteiger partial charge in [-0.3, -0.25) is 0 Å². The second-order valence-electron chi connectivity index (χ2n) is 13.3. The van der Waals surface area contributed by atoms with E-state index < -0.39 is 0 Å². The zero-order chi connectivity index (χ0) is 33.1. The minimum absolute atomic E-state index is 0.354. The van der Waals surface area contributed by atoms with Crippen LogP contribution >= 0.6 is 0 Å². The van der Waals surface area contributed by atoms with Gasteiger partial charge in [-0.2, -0.15) is 0 Å². The average molecular weight is 625 g/mol. The lowest BCUT2D eigenvalue weighted by Gasteiger charge is -2.41. The van der Waals surface area contributed by atoms with Crippen molar-refractivity contribution in [2.45, 2.75) is 52.4 Å². The van der Waals surface area contributed by atoms with Gasteiger partial charge in [0.2, 0.25) is 0 Å². The van der Waals surface area contributed by atoms with Crippen molar-refractivity contribution in [3.05, 3.63) is 191 Å². The van der Waals surface area contributed by atoms with Gasteiger partial charge in [-0.25, -0.2) is 0 Å². The Hall–Kier alpha value is -5.34. The van der Waals surface area contributed by atoms with Crippen LogP contribution in [0.4, 0.5) is 34.1 Å². The molecule has 1 aliphatic rings. The molecule has 0 bridgehead atoms. The number of para-hydroxylation sites is 2. The maximum atomic E-state index is 2.50. The molecule has 6 aromatic rings. The molecule has 0 fully saturated rings. The number of rotatable bonds is 8. The molecule has 0 amide bonds.